The fourth-order valence-electron chi connectivity index (χ4n) is 3.09. The van der Waals surface area contributed by atoms with E-state index >= 15 is 0 Å². The van der Waals surface area contributed by atoms with Crippen LogP contribution in [0.2, 0.25) is 0 Å². The first-order chi connectivity index (χ1) is 15.5. The van der Waals surface area contributed by atoms with Crippen LogP contribution in [0.4, 0.5) is 0 Å². The second-order valence-corrected chi connectivity index (χ2v) is 6.92. The summed E-state index contributed by atoms with van der Waals surface area (Å²) >= 11 is 0. The third kappa shape index (κ3) is 6.04. The summed E-state index contributed by atoms with van der Waals surface area (Å²) in [5.74, 6) is -0.717. The lowest BCUT2D eigenvalue weighted by atomic mass is 10.1. The van der Waals surface area contributed by atoms with Gasteiger partial charge >= 0.3 is 11.9 Å². The Kier molecular flexibility index (Phi) is 7.75. The summed E-state index contributed by atoms with van der Waals surface area (Å²) in [6.07, 6.45) is 3.41. The molecule has 1 aliphatic heterocycles. The number of nitrogens with zero attached hydrogens (tertiary/aromatic N) is 2. The van der Waals surface area contributed by atoms with Gasteiger partial charge in [-0.1, -0.05) is 36.4 Å². The van der Waals surface area contributed by atoms with Crippen LogP contribution in [0.5, 0.6) is 11.5 Å². The standard InChI is InChI=1S/C24H24N2O6/c1-30-21-16-17(9-12-23(28)31-2)8-10-20(21)32-24(29)13-11-22(27)26-15-14-19(25-26)18-6-4-3-5-7-18/h3-10,12,16H,11,13-15H2,1-2H3/b12-9+. The summed E-state index contributed by atoms with van der Waals surface area (Å²) in [7, 11) is 2.73. The zero-order valence-corrected chi connectivity index (χ0v) is 17.9. The van der Waals surface area contributed by atoms with Crippen molar-refractivity contribution in [2.45, 2.75) is 19.3 Å². The molecule has 1 amide bonds. The molecule has 0 saturated carbocycles. The summed E-state index contributed by atoms with van der Waals surface area (Å²) in [5.41, 5.74) is 2.51. The van der Waals surface area contributed by atoms with Gasteiger partial charge in [0.25, 0.3) is 0 Å². The van der Waals surface area contributed by atoms with Crippen LogP contribution in [0.3, 0.4) is 0 Å². The number of esters is 2. The summed E-state index contributed by atoms with van der Waals surface area (Å²) in [5, 5.41) is 5.78. The van der Waals surface area contributed by atoms with Gasteiger partial charge in [0, 0.05) is 18.9 Å². The molecule has 3 rings (SSSR count). The molecule has 0 N–H and O–H groups in total. The average molecular weight is 436 g/mol. The Bertz CT molecular complexity index is 1050. The molecular weight excluding hydrogens is 412 g/mol. The van der Waals surface area contributed by atoms with E-state index in [1.165, 1.54) is 25.3 Å². The molecule has 0 bridgehead atoms. The molecule has 0 aliphatic carbocycles. The Balaban J connectivity index is 1.54. The van der Waals surface area contributed by atoms with Crippen molar-refractivity contribution in [2.75, 3.05) is 20.8 Å². The van der Waals surface area contributed by atoms with Gasteiger partial charge in [-0.2, -0.15) is 5.10 Å². The van der Waals surface area contributed by atoms with Crippen molar-refractivity contribution in [1.82, 2.24) is 5.01 Å². The topological polar surface area (TPSA) is 94.5 Å². The molecule has 8 heteroatoms. The highest BCUT2D eigenvalue weighted by Gasteiger charge is 2.22. The molecule has 0 spiro atoms. The quantitative estimate of drug-likeness (QED) is 0.358. The van der Waals surface area contributed by atoms with Gasteiger partial charge in [0.15, 0.2) is 11.5 Å². The minimum absolute atomic E-state index is 0.00727. The van der Waals surface area contributed by atoms with E-state index in [-0.39, 0.29) is 24.5 Å². The van der Waals surface area contributed by atoms with Crippen LogP contribution in [0.15, 0.2) is 59.7 Å². The van der Waals surface area contributed by atoms with Gasteiger partial charge in [-0.25, -0.2) is 9.80 Å². The maximum absolute atomic E-state index is 12.4. The second kappa shape index (κ2) is 10.9. The van der Waals surface area contributed by atoms with Crippen LogP contribution in [-0.2, 0) is 19.1 Å². The van der Waals surface area contributed by atoms with Crippen molar-refractivity contribution < 1.29 is 28.6 Å². The lowest BCUT2D eigenvalue weighted by Crippen LogP contribution is -2.24. The van der Waals surface area contributed by atoms with Gasteiger partial charge in [0.1, 0.15) is 0 Å². The molecule has 0 fully saturated rings. The van der Waals surface area contributed by atoms with Crippen molar-refractivity contribution in [1.29, 1.82) is 0 Å². The van der Waals surface area contributed by atoms with E-state index in [0.717, 1.165) is 11.3 Å². The highest BCUT2D eigenvalue weighted by atomic mass is 16.6. The molecule has 1 aliphatic rings. The Morgan fingerprint density at radius 1 is 1.03 bits per heavy atom. The third-order valence-electron chi connectivity index (χ3n) is 4.76. The summed E-state index contributed by atoms with van der Waals surface area (Å²) in [6.45, 7) is 0.493. The van der Waals surface area contributed by atoms with E-state index in [9.17, 15) is 14.4 Å². The van der Waals surface area contributed by atoms with E-state index < -0.39 is 11.9 Å². The summed E-state index contributed by atoms with van der Waals surface area (Å²) < 4.78 is 15.2. The van der Waals surface area contributed by atoms with Gasteiger partial charge in [-0.3, -0.25) is 9.59 Å². The lowest BCUT2D eigenvalue weighted by Gasteiger charge is -2.12. The first kappa shape index (κ1) is 22.7. The average Bonchev–Trinajstić information content (AvgIpc) is 3.32. The van der Waals surface area contributed by atoms with Crippen LogP contribution >= 0.6 is 0 Å². The van der Waals surface area contributed by atoms with Gasteiger partial charge in [-0.05, 0) is 29.3 Å². The molecule has 0 atom stereocenters. The first-order valence-electron chi connectivity index (χ1n) is 10.1. The van der Waals surface area contributed by atoms with Gasteiger partial charge in [-0.15, -0.1) is 0 Å². The Labute approximate surface area is 186 Å². The fraction of sp³-hybridized carbons (Fsp3) is 0.250. The molecule has 2 aromatic carbocycles. The third-order valence-corrected chi connectivity index (χ3v) is 4.76. The first-order valence-corrected chi connectivity index (χ1v) is 10.1. The van der Waals surface area contributed by atoms with Crippen molar-refractivity contribution in [3.05, 3.63) is 65.7 Å². The monoisotopic (exact) mass is 436 g/mol. The molecule has 0 unspecified atom stereocenters. The van der Waals surface area contributed by atoms with Gasteiger partial charge < -0.3 is 14.2 Å². The second-order valence-electron chi connectivity index (χ2n) is 6.92. The molecule has 32 heavy (non-hydrogen) atoms. The van der Waals surface area contributed by atoms with E-state index in [4.69, 9.17) is 9.47 Å². The number of methoxy groups -OCH3 is 2. The maximum Gasteiger partial charge on any atom is 0.330 e. The smallest absolute Gasteiger partial charge is 0.330 e. The molecule has 2 aromatic rings. The molecule has 0 aromatic heterocycles. The minimum Gasteiger partial charge on any atom is -0.493 e. The molecule has 8 nitrogen and oxygen atoms in total. The number of ether oxygens (including phenoxy) is 3. The Morgan fingerprint density at radius 3 is 2.53 bits per heavy atom. The van der Waals surface area contributed by atoms with Crippen LogP contribution in [0.1, 0.15) is 30.4 Å². The number of rotatable bonds is 8. The SMILES string of the molecule is COC(=O)/C=C/c1ccc(OC(=O)CCC(=O)N2CCC(c3ccccc3)=N2)c(OC)c1. The van der Waals surface area contributed by atoms with Gasteiger partial charge in [0.05, 0.1) is 32.9 Å². The summed E-state index contributed by atoms with van der Waals surface area (Å²) in [4.78, 5) is 35.9. The lowest BCUT2D eigenvalue weighted by molar-refractivity contribution is -0.138. The number of carbonyl (C=O) groups excluding carboxylic acids is 3. The molecule has 0 saturated heterocycles. The van der Waals surface area contributed by atoms with Crippen molar-refractivity contribution in [3.63, 3.8) is 0 Å². The van der Waals surface area contributed by atoms with E-state index in [2.05, 4.69) is 9.84 Å². The van der Waals surface area contributed by atoms with Gasteiger partial charge in [0.2, 0.25) is 5.91 Å². The number of hydrogen-bond acceptors (Lipinski definition) is 7. The highest BCUT2D eigenvalue weighted by molar-refractivity contribution is 6.02. The number of hydrazone groups is 1. The zero-order valence-electron chi connectivity index (χ0n) is 17.9. The fourth-order valence-corrected chi connectivity index (χ4v) is 3.09. The highest BCUT2D eigenvalue weighted by Crippen LogP contribution is 2.29. The van der Waals surface area contributed by atoms with E-state index in [1.54, 1.807) is 24.3 Å². The largest absolute Gasteiger partial charge is 0.493 e. The molecular formula is C24H24N2O6. The van der Waals surface area contributed by atoms with E-state index in [0.29, 0.717) is 24.3 Å². The molecule has 1 heterocycles. The predicted molar refractivity (Wildman–Crippen MR) is 118 cm³/mol. The molecule has 166 valence electrons. The minimum atomic E-state index is -0.555. The van der Waals surface area contributed by atoms with Crippen molar-refractivity contribution >= 4 is 29.6 Å². The van der Waals surface area contributed by atoms with Crippen LogP contribution in [0, 0.1) is 0 Å². The van der Waals surface area contributed by atoms with Crippen LogP contribution in [0.25, 0.3) is 6.08 Å². The number of benzene rings is 2. The predicted octanol–water partition coefficient (Wildman–Crippen LogP) is 3.20. The van der Waals surface area contributed by atoms with E-state index in [1.807, 2.05) is 30.3 Å². The number of hydrogen-bond donors (Lipinski definition) is 0. The Morgan fingerprint density at radius 2 is 1.81 bits per heavy atom. The Hall–Kier alpha value is -3.94. The van der Waals surface area contributed by atoms with Crippen molar-refractivity contribution in [3.8, 4) is 11.5 Å². The maximum atomic E-state index is 12.4. The zero-order chi connectivity index (χ0) is 22.9. The normalized spacial score (nSPS) is 13.1. The molecule has 0 radical (unpaired) electrons. The number of carbonyl (C=O) groups is 3. The number of amides is 1. The van der Waals surface area contributed by atoms with Crippen LogP contribution < -0.4 is 9.47 Å². The van der Waals surface area contributed by atoms with Crippen molar-refractivity contribution in [2.24, 2.45) is 5.10 Å². The summed E-state index contributed by atoms with van der Waals surface area (Å²) in [6, 6.07) is 14.5. The van der Waals surface area contributed by atoms with Crippen LogP contribution in [-0.4, -0.2) is 49.3 Å².